The number of likely N-dealkylation sites (tertiary alicyclic amines) is 1. The number of carbonyl (C=O) groups excluding carboxylic acids is 1. The van der Waals surface area contributed by atoms with E-state index in [0.717, 1.165) is 30.5 Å². The molecule has 1 aliphatic rings. The molecule has 0 radical (unpaired) electrons. The number of para-hydroxylation sites is 1. The molecule has 5 nitrogen and oxygen atoms in total. The van der Waals surface area contributed by atoms with Gasteiger partial charge in [-0.25, -0.2) is 4.98 Å². The monoisotopic (exact) mass is 333 g/mol. The summed E-state index contributed by atoms with van der Waals surface area (Å²) in [6.45, 7) is 1.29. The average molecular weight is 333 g/mol. The maximum Gasteiger partial charge on any atom is 0.274 e. The summed E-state index contributed by atoms with van der Waals surface area (Å²) in [4.78, 5) is 23.4. The molecular formula is C20H19N3O2. The van der Waals surface area contributed by atoms with Gasteiger partial charge in [0.25, 0.3) is 5.91 Å². The van der Waals surface area contributed by atoms with Gasteiger partial charge in [0.2, 0.25) is 0 Å². The molecule has 0 bridgehead atoms. The van der Waals surface area contributed by atoms with Gasteiger partial charge in [-0.1, -0.05) is 24.3 Å². The lowest BCUT2D eigenvalue weighted by molar-refractivity contribution is 0.0534. The third-order valence-corrected chi connectivity index (χ3v) is 4.43. The Morgan fingerprint density at radius 2 is 1.92 bits per heavy atom. The smallest absolute Gasteiger partial charge is 0.274 e. The summed E-state index contributed by atoms with van der Waals surface area (Å²) < 4.78 is 6.03. The third-order valence-electron chi connectivity index (χ3n) is 4.43. The molecule has 1 fully saturated rings. The van der Waals surface area contributed by atoms with E-state index < -0.39 is 0 Å². The molecule has 0 saturated carbocycles. The van der Waals surface area contributed by atoms with Crippen LogP contribution in [0.1, 0.15) is 23.3 Å². The van der Waals surface area contributed by atoms with Crippen molar-refractivity contribution in [3.63, 3.8) is 0 Å². The fourth-order valence-electron chi connectivity index (χ4n) is 3.22. The van der Waals surface area contributed by atoms with Crippen LogP contribution < -0.4 is 4.74 Å². The molecule has 25 heavy (non-hydrogen) atoms. The minimum atomic E-state index is -0.0781. The lowest BCUT2D eigenvalue weighted by atomic mass is 10.1. The Labute approximate surface area is 146 Å². The van der Waals surface area contributed by atoms with Crippen LogP contribution in [-0.4, -0.2) is 40.0 Å². The lowest BCUT2D eigenvalue weighted by Crippen LogP contribution is -2.44. The number of aromatic nitrogens is 2. The number of nitrogens with zero attached hydrogens (tertiary/aromatic N) is 3. The van der Waals surface area contributed by atoms with Crippen molar-refractivity contribution < 1.29 is 9.53 Å². The van der Waals surface area contributed by atoms with Gasteiger partial charge >= 0.3 is 0 Å². The van der Waals surface area contributed by atoms with Crippen LogP contribution in [0.5, 0.6) is 5.75 Å². The number of hydrogen-bond donors (Lipinski definition) is 0. The van der Waals surface area contributed by atoms with Gasteiger partial charge in [0, 0.05) is 24.3 Å². The largest absolute Gasteiger partial charge is 0.489 e. The minimum Gasteiger partial charge on any atom is -0.489 e. The zero-order valence-electron chi connectivity index (χ0n) is 13.8. The number of rotatable bonds is 3. The van der Waals surface area contributed by atoms with Crippen molar-refractivity contribution in [3.8, 4) is 5.75 Å². The van der Waals surface area contributed by atoms with Crippen LogP contribution in [0.4, 0.5) is 0 Å². The molecule has 1 aromatic carbocycles. The van der Waals surface area contributed by atoms with Crippen molar-refractivity contribution in [2.24, 2.45) is 0 Å². The quantitative estimate of drug-likeness (QED) is 0.738. The van der Waals surface area contributed by atoms with Crippen LogP contribution in [-0.2, 0) is 0 Å². The van der Waals surface area contributed by atoms with Gasteiger partial charge < -0.3 is 9.64 Å². The van der Waals surface area contributed by atoms with Crippen LogP contribution in [0.3, 0.4) is 0 Å². The summed E-state index contributed by atoms with van der Waals surface area (Å²) in [6, 6.07) is 15.4. The van der Waals surface area contributed by atoms with Gasteiger partial charge in [0.1, 0.15) is 17.4 Å². The Morgan fingerprint density at radius 1 is 1.04 bits per heavy atom. The van der Waals surface area contributed by atoms with Crippen molar-refractivity contribution in [1.29, 1.82) is 0 Å². The molecule has 126 valence electrons. The maximum atomic E-state index is 13.0. The highest BCUT2D eigenvalue weighted by atomic mass is 16.5. The van der Waals surface area contributed by atoms with Crippen molar-refractivity contribution in [2.75, 3.05) is 13.1 Å². The van der Waals surface area contributed by atoms with E-state index in [0.29, 0.717) is 17.8 Å². The van der Waals surface area contributed by atoms with Crippen molar-refractivity contribution in [2.45, 2.75) is 18.9 Å². The highest BCUT2D eigenvalue weighted by Crippen LogP contribution is 2.21. The first kappa shape index (κ1) is 15.6. The highest BCUT2D eigenvalue weighted by Gasteiger charge is 2.27. The molecule has 0 spiro atoms. The highest BCUT2D eigenvalue weighted by molar-refractivity contribution is 6.03. The number of hydrogen-bond acceptors (Lipinski definition) is 4. The Morgan fingerprint density at radius 3 is 2.80 bits per heavy atom. The second-order valence-corrected chi connectivity index (χ2v) is 6.18. The molecule has 3 aromatic rings. The van der Waals surface area contributed by atoms with E-state index in [-0.39, 0.29) is 12.0 Å². The summed E-state index contributed by atoms with van der Waals surface area (Å²) >= 11 is 0. The molecule has 1 aliphatic heterocycles. The zero-order chi connectivity index (χ0) is 17.1. The Hall–Kier alpha value is -2.95. The molecule has 2 aromatic heterocycles. The molecule has 4 rings (SSSR count). The normalized spacial score (nSPS) is 17.4. The van der Waals surface area contributed by atoms with E-state index in [4.69, 9.17) is 4.74 Å². The second kappa shape index (κ2) is 6.89. The van der Waals surface area contributed by atoms with Gasteiger partial charge in [0.05, 0.1) is 6.54 Å². The molecule has 0 aliphatic carbocycles. The van der Waals surface area contributed by atoms with Crippen molar-refractivity contribution >= 4 is 16.8 Å². The van der Waals surface area contributed by atoms with E-state index in [2.05, 4.69) is 9.97 Å². The predicted octanol–water partition coefficient (Wildman–Crippen LogP) is 3.31. The summed E-state index contributed by atoms with van der Waals surface area (Å²) in [5.74, 6) is 0.761. The number of fused-ring (bicyclic) bond motifs is 1. The number of pyridine rings is 2. The molecule has 1 amide bonds. The van der Waals surface area contributed by atoms with E-state index in [1.165, 1.54) is 0 Å². The number of piperidine rings is 1. The first-order valence-corrected chi connectivity index (χ1v) is 8.52. The zero-order valence-corrected chi connectivity index (χ0v) is 13.8. The lowest BCUT2D eigenvalue weighted by Gasteiger charge is -2.32. The molecule has 1 saturated heterocycles. The van der Waals surface area contributed by atoms with E-state index in [1.54, 1.807) is 12.4 Å². The predicted molar refractivity (Wildman–Crippen MR) is 95.5 cm³/mol. The Kier molecular flexibility index (Phi) is 4.29. The van der Waals surface area contributed by atoms with Gasteiger partial charge in [-0.15, -0.1) is 0 Å². The fourth-order valence-corrected chi connectivity index (χ4v) is 3.22. The van der Waals surface area contributed by atoms with Crippen LogP contribution in [0.2, 0.25) is 0 Å². The first-order chi connectivity index (χ1) is 12.3. The minimum absolute atomic E-state index is 0.00281. The number of benzene rings is 1. The van der Waals surface area contributed by atoms with Gasteiger partial charge in [-0.2, -0.15) is 0 Å². The van der Waals surface area contributed by atoms with E-state index in [9.17, 15) is 4.79 Å². The fraction of sp³-hybridized carbons (Fsp3) is 0.250. The Bertz CT molecular complexity index is 877. The third kappa shape index (κ3) is 3.31. The average Bonchev–Trinajstić information content (AvgIpc) is 2.68. The summed E-state index contributed by atoms with van der Waals surface area (Å²) in [7, 11) is 0. The topological polar surface area (TPSA) is 55.3 Å². The summed E-state index contributed by atoms with van der Waals surface area (Å²) in [5, 5.41) is 0.926. The molecule has 3 heterocycles. The SMILES string of the molecule is O=C(c1nccc2cccnc12)N1CCCC(Oc2ccccc2)C1. The van der Waals surface area contributed by atoms with Gasteiger partial charge in [0.15, 0.2) is 5.69 Å². The van der Waals surface area contributed by atoms with Crippen molar-refractivity contribution in [1.82, 2.24) is 14.9 Å². The Balaban J connectivity index is 1.53. The van der Waals surface area contributed by atoms with Gasteiger partial charge in [-0.05, 0) is 37.1 Å². The standard InChI is InChI=1S/C20H19N3O2/c24-20(19-18-15(10-12-22-19)6-4-11-21-18)23-13-5-9-17(14-23)25-16-7-2-1-3-8-16/h1-4,6-8,10-12,17H,5,9,13-14H2. The van der Waals surface area contributed by atoms with Gasteiger partial charge in [-0.3, -0.25) is 9.78 Å². The van der Waals surface area contributed by atoms with E-state index >= 15 is 0 Å². The molecule has 1 unspecified atom stereocenters. The molecule has 5 heteroatoms. The number of carbonyl (C=O) groups is 1. The van der Waals surface area contributed by atoms with Crippen LogP contribution in [0, 0.1) is 0 Å². The summed E-state index contributed by atoms with van der Waals surface area (Å²) in [5.41, 5.74) is 1.07. The first-order valence-electron chi connectivity index (χ1n) is 8.52. The molecule has 1 atom stereocenters. The van der Waals surface area contributed by atoms with E-state index in [1.807, 2.05) is 53.4 Å². The maximum absolute atomic E-state index is 13.0. The second-order valence-electron chi connectivity index (χ2n) is 6.18. The molecular weight excluding hydrogens is 314 g/mol. The molecule has 0 N–H and O–H groups in total. The number of ether oxygens (including phenoxy) is 1. The number of amides is 1. The van der Waals surface area contributed by atoms with Crippen LogP contribution in [0.15, 0.2) is 60.9 Å². The summed E-state index contributed by atoms with van der Waals surface area (Å²) in [6.07, 6.45) is 5.22. The van der Waals surface area contributed by atoms with Crippen LogP contribution >= 0.6 is 0 Å². The van der Waals surface area contributed by atoms with Crippen molar-refractivity contribution in [3.05, 3.63) is 66.6 Å². The van der Waals surface area contributed by atoms with Crippen LogP contribution in [0.25, 0.3) is 10.9 Å².